The molecule has 0 N–H and O–H groups in total. The van der Waals surface area contributed by atoms with Crippen LogP contribution in [0.5, 0.6) is 0 Å². The number of halogens is 3. The van der Waals surface area contributed by atoms with Crippen molar-refractivity contribution in [3.8, 4) is 0 Å². The quantitative estimate of drug-likeness (QED) is 0.390. The number of hydrogen-bond donors (Lipinski definition) is 0. The van der Waals surface area contributed by atoms with E-state index in [9.17, 15) is 9.59 Å². The SMILES string of the molecule is O=C(Cl)CCCCCCC(Br)C(=O)Cl. The van der Waals surface area contributed by atoms with Crippen LogP contribution in [0.25, 0.3) is 0 Å². The maximum atomic E-state index is 10.6. The Morgan fingerprint density at radius 3 is 2.14 bits per heavy atom. The van der Waals surface area contributed by atoms with Crippen molar-refractivity contribution in [1.82, 2.24) is 0 Å². The standard InChI is InChI=1S/C9H13BrCl2O2/c10-7(9(12)14)5-3-1-2-4-6-8(11)13/h7H,1-6H2. The predicted octanol–water partition coefficient (Wildman–Crippen LogP) is 3.62. The summed E-state index contributed by atoms with van der Waals surface area (Å²) in [6.45, 7) is 0. The number of carbonyl (C=O) groups excluding carboxylic acids is 2. The highest BCUT2D eigenvalue weighted by atomic mass is 79.9. The van der Waals surface area contributed by atoms with Gasteiger partial charge >= 0.3 is 0 Å². The molecule has 0 bridgehead atoms. The lowest BCUT2D eigenvalue weighted by molar-refractivity contribution is -0.112. The summed E-state index contributed by atoms with van der Waals surface area (Å²) >= 11 is 13.6. The zero-order valence-corrected chi connectivity index (χ0v) is 10.9. The van der Waals surface area contributed by atoms with E-state index in [1.165, 1.54) is 0 Å². The first-order valence-corrected chi connectivity index (χ1v) is 6.23. The fraction of sp³-hybridized carbons (Fsp3) is 0.778. The van der Waals surface area contributed by atoms with Gasteiger partial charge in [-0.2, -0.15) is 0 Å². The molecule has 1 unspecified atom stereocenters. The van der Waals surface area contributed by atoms with E-state index in [-0.39, 0.29) is 15.3 Å². The molecular formula is C9H13BrCl2O2. The molecule has 0 rings (SSSR count). The van der Waals surface area contributed by atoms with Crippen LogP contribution < -0.4 is 0 Å². The minimum absolute atomic E-state index is 0.237. The van der Waals surface area contributed by atoms with Gasteiger partial charge in [0, 0.05) is 6.42 Å². The van der Waals surface area contributed by atoms with E-state index < -0.39 is 0 Å². The van der Waals surface area contributed by atoms with Crippen molar-refractivity contribution < 1.29 is 9.59 Å². The van der Waals surface area contributed by atoms with Crippen molar-refractivity contribution in [3.63, 3.8) is 0 Å². The van der Waals surface area contributed by atoms with Crippen molar-refractivity contribution in [3.05, 3.63) is 0 Å². The molecule has 5 heteroatoms. The lowest BCUT2D eigenvalue weighted by atomic mass is 10.1. The molecule has 0 saturated carbocycles. The zero-order valence-electron chi connectivity index (χ0n) is 7.77. The van der Waals surface area contributed by atoms with Gasteiger partial charge < -0.3 is 0 Å². The molecule has 82 valence electrons. The van der Waals surface area contributed by atoms with Gasteiger partial charge in [0.2, 0.25) is 10.5 Å². The summed E-state index contributed by atoms with van der Waals surface area (Å²) in [7, 11) is 0. The maximum Gasteiger partial charge on any atom is 0.235 e. The van der Waals surface area contributed by atoms with Gasteiger partial charge in [0.1, 0.15) is 0 Å². The Hall–Kier alpha value is 0.400. The van der Waals surface area contributed by atoms with Crippen LogP contribution >= 0.6 is 39.1 Å². The van der Waals surface area contributed by atoms with Crippen molar-refractivity contribution in [2.45, 2.75) is 43.4 Å². The molecule has 14 heavy (non-hydrogen) atoms. The second-order valence-corrected chi connectivity index (χ2v) is 4.98. The van der Waals surface area contributed by atoms with Gasteiger partial charge in [-0.05, 0) is 36.0 Å². The average Bonchev–Trinajstić information content (AvgIpc) is 2.09. The molecule has 0 aliphatic rings. The number of rotatable bonds is 8. The first kappa shape index (κ1) is 14.4. The van der Waals surface area contributed by atoms with E-state index in [2.05, 4.69) is 15.9 Å². The Balaban J connectivity index is 3.21. The number of hydrogen-bond acceptors (Lipinski definition) is 2. The van der Waals surface area contributed by atoms with Gasteiger partial charge in [-0.3, -0.25) is 9.59 Å². The van der Waals surface area contributed by atoms with Crippen LogP contribution in [0.1, 0.15) is 38.5 Å². The topological polar surface area (TPSA) is 34.1 Å². The van der Waals surface area contributed by atoms with E-state index in [0.29, 0.717) is 6.42 Å². The fourth-order valence-electron chi connectivity index (χ4n) is 1.05. The third-order valence-electron chi connectivity index (χ3n) is 1.83. The Morgan fingerprint density at radius 2 is 1.64 bits per heavy atom. The van der Waals surface area contributed by atoms with Gasteiger partial charge in [0.15, 0.2) is 0 Å². The van der Waals surface area contributed by atoms with E-state index in [1.54, 1.807) is 0 Å². The normalized spacial score (nSPS) is 12.5. The monoisotopic (exact) mass is 302 g/mol. The van der Waals surface area contributed by atoms with Gasteiger partial charge in [0.05, 0.1) is 4.83 Å². The average molecular weight is 304 g/mol. The molecule has 0 aliphatic carbocycles. The summed E-state index contributed by atoms with van der Waals surface area (Å²) in [6, 6.07) is 0. The summed E-state index contributed by atoms with van der Waals surface area (Å²) in [6.07, 6.45) is 4.91. The van der Waals surface area contributed by atoms with Gasteiger partial charge in [-0.1, -0.05) is 35.2 Å². The molecule has 0 spiro atoms. The largest absolute Gasteiger partial charge is 0.281 e. The van der Waals surface area contributed by atoms with Crippen LogP contribution in [0.4, 0.5) is 0 Å². The summed E-state index contributed by atoms with van der Waals surface area (Å²) in [5.74, 6) is 0. The minimum atomic E-state index is -0.346. The Bertz CT molecular complexity index is 197. The van der Waals surface area contributed by atoms with Crippen molar-refractivity contribution >= 4 is 49.6 Å². The lowest BCUT2D eigenvalue weighted by Crippen LogP contribution is -2.06. The van der Waals surface area contributed by atoms with E-state index in [4.69, 9.17) is 23.2 Å². The third kappa shape index (κ3) is 8.97. The fourth-order valence-corrected chi connectivity index (χ4v) is 1.62. The van der Waals surface area contributed by atoms with Crippen molar-refractivity contribution in [2.75, 3.05) is 0 Å². The van der Waals surface area contributed by atoms with Crippen LogP contribution in [0.2, 0.25) is 0 Å². The van der Waals surface area contributed by atoms with E-state index >= 15 is 0 Å². The van der Waals surface area contributed by atoms with Gasteiger partial charge in [-0.25, -0.2) is 0 Å². The highest BCUT2D eigenvalue weighted by molar-refractivity contribution is 9.10. The zero-order chi connectivity index (χ0) is 11.0. The van der Waals surface area contributed by atoms with Crippen LogP contribution in [-0.2, 0) is 9.59 Å². The highest BCUT2D eigenvalue weighted by Gasteiger charge is 2.10. The summed E-state index contributed by atoms with van der Waals surface area (Å²) in [4.78, 5) is 20.7. The van der Waals surface area contributed by atoms with E-state index in [1.807, 2.05) is 0 Å². The Labute approximate surface area is 102 Å². The molecule has 0 amide bonds. The molecule has 2 nitrogen and oxygen atoms in total. The van der Waals surface area contributed by atoms with E-state index in [0.717, 1.165) is 32.1 Å². The van der Waals surface area contributed by atoms with Crippen molar-refractivity contribution in [2.24, 2.45) is 0 Å². The molecule has 0 aromatic carbocycles. The number of unbranched alkanes of at least 4 members (excludes halogenated alkanes) is 3. The first-order valence-electron chi connectivity index (χ1n) is 4.55. The molecule has 0 radical (unpaired) electrons. The second kappa shape index (κ2) is 8.69. The van der Waals surface area contributed by atoms with Crippen LogP contribution in [0.15, 0.2) is 0 Å². The molecule has 0 heterocycles. The Morgan fingerprint density at radius 1 is 1.07 bits per heavy atom. The number of carbonyl (C=O) groups is 2. The lowest BCUT2D eigenvalue weighted by Gasteiger charge is -2.03. The predicted molar refractivity (Wildman–Crippen MR) is 62.1 cm³/mol. The molecule has 0 aromatic rings. The molecule has 0 fully saturated rings. The maximum absolute atomic E-state index is 10.6. The van der Waals surface area contributed by atoms with Crippen LogP contribution in [0, 0.1) is 0 Å². The third-order valence-corrected chi connectivity index (χ3v) is 3.42. The summed E-state index contributed by atoms with van der Waals surface area (Å²) in [5, 5.41) is -0.625. The van der Waals surface area contributed by atoms with Crippen LogP contribution in [-0.4, -0.2) is 15.3 Å². The molecule has 0 aromatic heterocycles. The second-order valence-electron chi connectivity index (χ2n) is 3.08. The van der Waals surface area contributed by atoms with Gasteiger partial charge in [0.25, 0.3) is 0 Å². The highest BCUT2D eigenvalue weighted by Crippen LogP contribution is 2.15. The molecular weight excluding hydrogens is 291 g/mol. The molecule has 1 atom stereocenters. The summed E-state index contributed by atoms with van der Waals surface area (Å²) in [5.41, 5.74) is 0. The molecule has 0 aliphatic heterocycles. The molecule has 0 saturated heterocycles. The first-order chi connectivity index (χ1) is 6.54. The smallest absolute Gasteiger partial charge is 0.235 e. The Kier molecular flexibility index (Phi) is 8.94. The van der Waals surface area contributed by atoms with Gasteiger partial charge in [-0.15, -0.1) is 0 Å². The summed E-state index contributed by atoms with van der Waals surface area (Å²) < 4.78 is 0. The number of alkyl halides is 1. The minimum Gasteiger partial charge on any atom is -0.281 e. The van der Waals surface area contributed by atoms with Crippen molar-refractivity contribution in [1.29, 1.82) is 0 Å². The van der Waals surface area contributed by atoms with Crippen LogP contribution in [0.3, 0.4) is 0 Å².